The SMILES string of the molecule is O=S(=O)(Nc1ccccc1-c1nc2ccccc2s1)c1ccc2c(c1)OCCO2. The van der Waals surface area contributed by atoms with Gasteiger partial charge in [0.25, 0.3) is 10.0 Å². The fraction of sp³-hybridized carbons (Fsp3) is 0.0952. The average molecular weight is 425 g/mol. The third-order valence-electron chi connectivity index (χ3n) is 4.52. The number of ether oxygens (including phenoxy) is 2. The van der Waals surface area contributed by atoms with E-state index in [0.717, 1.165) is 20.8 Å². The average Bonchev–Trinajstić information content (AvgIpc) is 3.17. The maximum atomic E-state index is 13.0. The molecule has 5 rings (SSSR count). The molecule has 0 spiro atoms. The van der Waals surface area contributed by atoms with Gasteiger partial charge in [-0.05, 0) is 36.4 Å². The van der Waals surface area contributed by atoms with Gasteiger partial charge in [-0.25, -0.2) is 13.4 Å². The minimum Gasteiger partial charge on any atom is -0.486 e. The predicted molar refractivity (Wildman–Crippen MR) is 113 cm³/mol. The van der Waals surface area contributed by atoms with Crippen molar-refractivity contribution in [1.82, 2.24) is 4.98 Å². The number of fused-ring (bicyclic) bond motifs is 2. The summed E-state index contributed by atoms with van der Waals surface area (Å²) in [6, 6.07) is 19.7. The molecule has 0 aliphatic carbocycles. The first kappa shape index (κ1) is 18.0. The van der Waals surface area contributed by atoms with Gasteiger partial charge in [0.2, 0.25) is 0 Å². The lowest BCUT2D eigenvalue weighted by Gasteiger charge is -2.19. The molecular weight excluding hydrogens is 408 g/mol. The fourth-order valence-corrected chi connectivity index (χ4v) is 5.24. The molecule has 1 aliphatic heterocycles. The maximum Gasteiger partial charge on any atom is 0.262 e. The molecule has 0 atom stereocenters. The van der Waals surface area contributed by atoms with E-state index in [1.807, 2.05) is 36.4 Å². The highest BCUT2D eigenvalue weighted by Gasteiger charge is 2.21. The van der Waals surface area contributed by atoms with Crippen LogP contribution in [0, 0.1) is 0 Å². The van der Waals surface area contributed by atoms with Crippen LogP contribution in [0.3, 0.4) is 0 Å². The molecule has 8 heteroatoms. The zero-order valence-corrected chi connectivity index (χ0v) is 16.8. The van der Waals surface area contributed by atoms with Gasteiger partial charge in [-0.3, -0.25) is 4.72 Å². The number of hydrogen-bond acceptors (Lipinski definition) is 6. The Morgan fingerprint density at radius 2 is 1.66 bits per heavy atom. The Morgan fingerprint density at radius 3 is 2.52 bits per heavy atom. The number of thiazole rings is 1. The lowest BCUT2D eigenvalue weighted by Crippen LogP contribution is -2.17. The Bertz CT molecular complexity index is 1280. The van der Waals surface area contributed by atoms with Gasteiger partial charge in [-0.15, -0.1) is 11.3 Å². The molecule has 0 saturated carbocycles. The van der Waals surface area contributed by atoms with Crippen molar-refractivity contribution in [1.29, 1.82) is 0 Å². The van der Waals surface area contributed by atoms with Crippen LogP contribution >= 0.6 is 11.3 Å². The van der Waals surface area contributed by atoms with E-state index in [2.05, 4.69) is 9.71 Å². The van der Waals surface area contributed by atoms with Gasteiger partial charge in [0.1, 0.15) is 18.2 Å². The van der Waals surface area contributed by atoms with E-state index in [1.54, 1.807) is 18.2 Å². The van der Waals surface area contributed by atoms with Crippen molar-refractivity contribution >= 4 is 37.3 Å². The molecule has 3 aromatic carbocycles. The Balaban J connectivity index is 1.52. The zero-order chi connectivity index (χ0) is 19.8. The van der Waals surface area contributed by atoms with Crippen LogP contribution < -0.4 is 14.2 Å². The lowest BCUT2D eigenvalue weighted by atomic mass is 10.2. The van der Waals surface area contributed by atoms with Crippen molar-refractivity contribution < 1.29 is 17.9 Å². The monoisotopic (exact) mass is 424 g/mol. The van der Waals surface area contributed by atoms with Crippen molar-refractivity contribution in [2.24, 2.45) is 0 Å². The van der Waals surface area contributed by atoms with E-state index in [-0.39, 0.29) is 4.90 Å². The van der Waals surface area contributed by atoms with E-state index < -0.39 is 10.0 Å². The van der Waals surface area contributed by atoms with Gasteiger partial charge in [-0.1, -0.05) is 24.3 Å². The number of rotatable bonds is 4. The Labute approximate surface area is 171 Å². The van der Waals surface area contributed by atoms with Gasteiger partial charge in [-0.2, -0.15) is 0 Å². The molecule has 1 aromatic heterocycles. The molecule has 0 bridgehead atoms. The van der Waals surface area contributed by atoms with E-state index in [1.165, 1.54) is 23.5 Å². The summed E-state index contributed by atoms with van der Waals surface area (Å²) < 4.78 is 40.8. The van der Waals surface area contributed by atoms with Crippen LogP contribution in [0.1, 0.15) is 0 Å². The number of hydrogen-bond donors (Lipinski definition) is 1. The predicted octanol–water partition coefficient (Wildman–Crippen LogP) is 4.54. The van der Waals surface area contributed by atoms with Crippen LogP contribution in [0.5, 0.6) is 11.5 Å². The highest BCUT2D eigenvalue weighted by molar-refractivity contribution is 7.92. The molecule has 0 unspecified atom stereocenters. The summed E-state index contributed by atoms with van der Waals surface area (Å²) in [6.45, 7) is 0.845. The second-order valence-electron chi connectivity index (χ2n) is 6.44. The van der Waals surface area contributed by atoms with Crippen LogP contribution in [0.15, 0.2) is 71.6 Å². The van der Waals surface area contributed by atoms with Crippen LogP contribution in [0.25, 0.3) is 20.8 Å². The molecule has 0 saturated heterocycles. The summed E-state index contributed by atoms with van der Waals surface area (Å²) in [6.07, 6.45) is 0. The number of sulfonamides is 1. The lowest BCUT2D eigenvalue weighted by molar-refractivity contribution is 0.171. The molecule has 0 amide bonds. The molecule has 0 fully saturated rings. The number of nitrogens with one attached hydrogen (secondary N) is 1. The maximum absolute atomic E-state index is 13.0. The van der Waals surface area contributed by atoms with Crippen molar-refractivity contribution in [2.75, 3.05) is 17.9 Å². The van der Waals surface area contributed by atoms with Gasteiger partial charge in [0, 0.05) is 11.6 Å². The molecule has 1 aliphatic rings. The summed E-state index contributed by atoms with van der Waals surface area (Å²) in [5, 5.41) is 0.756. The van der Waals surface area contributed by atoms with Gasteiger partial charge < -0.3 is 9.47 Å². The largest absolute Gasteiger partial charge is 0.486 e. The number of anilines is 1. The normalized spacial score (nSPS) is 13.4. The first-order valence-corrected chi connectivity index (χ1v) is 11.3. The highest BCUT2D eigenvalue weighted by Crippen LogP contribution is 2.36. The van der Waals surface area contributed by atoms with Crippen molar-refractivity contribution in [3.63, 3.8) is 0 Å². The minimum absolute atomic E-state index is 0.112. The van der Waals surface area contributed by atoms with E-state index in [9.17, 15) is 8.42 Å². The first-order chi connectivity index (χ1) is 14.1. The topological polar surface area (TPSA) is 77.5 Å². The highest BCUT2D eigenvalue weighted by atomic mass is 32.2. The number of para-hydroxylation sites is 2. The van der Waals surface area contributed by atoms with Crippen molar-refractivity contribution in [2.45, 2.75) is 4.90 Å². The minimum atomic E-state index is -3.82. The number of benzene rings is 3. The first-order valence-electron chi connectivity index (χ1n) is 8.98. The Hall–Kier alpha value is -3.10. The summed E-state index contributed by atoms with van der Waals surface area (Å²) in [4.78, 5) is 4.76. The summed E-state index contributed by atoms with van der Waals surface area (Å²) >= 11 is 1.52. The van der Waals surface area contributed by atoms with Gasteiger partial charge >= 0.3 is 0 Å². The van der Waals surface area contributed by atoms with E-state index in [4.69, 9.17) is 9.47 Å². The Kier molecular flexibility index (Phi) is 4.37. The molecule has 6 nitrogen and oxygen atoms in total. The van der Waals surface area contributed by atoms with E-state index in [0.29, 0.717) is 30.4 Å². The summed E-state index contributed by atoms with van der Waals surface area (Å²) in [7, 11) is -3.82. The number of nitrogens with zero attached hydrogens (tertiary/aromatic N) is 1. The second kappa shape index (κ2) is 7.06. The van der Waals surface area contributed by atoms with Crippen molar-refractivity contribution in [3.8, 4) is 22.1 Å². The molecular formula is C21H16N2O4S2. The molecule has 1 N–H and O–H groups in total. The third kappa shape index (κ3) is 3.41. The molecule has 2 heterocycles. The molecule has 29 heavy (non-hydrogen) atoms. The molecule has 146 valence electrons. The quantitative estimate of drug-likeness (QED) is 0.521. The second-order valence-corrected chi connectivity index (χ2v) is 9.16. The van der Waals surface area contributed by atoms with E-state index >= 15 is 0 Å². The summed E-state index contributed by atoms with van der Waals surface area (Å²) in [5.41, 5.74) is 2.09. The van der Waals surface area contributed by atoms with Crippen LogP contribution in [0.2, 0.25) is 0 Å². The summed E-state index contributed by atoms with van der Waals surface area (Å²) in [5.74, 6) is 0.976. The fourth-order valence-electron chi connectivity index (χ4n) is 3.14. The zero-order valence-electron chi connectivity index (χ0n) is 15.2. The van der Waals surface area contributed by atoms with Crippen molar-refractivity contribution in [3.05, 3.63) is 66.7 Å². The standard InChI is InChI=1S/C21H16N2O4S2/c24-29(25,14-9-10-18-19(13-14)27-12-11-26-18)23-16-6-2-1-5-15(16)21-22-17-7-3-4-8-20(17)28-21/h1-10,13,23H,11-12H2. The smallest absolute Gasteiger partial charge is 0.262 e. The number of aromatic nitrogens is 1. The van der Waals surface area contributed by atoms with Gasteiger partial charge in [0.15, 0.2) is 11.5 Å². The molecule has 4 aromatic rings. The third-order valence-corrected chi connectivity index (χ3v) is 6.95. The van der Waals surface area contributed by atoms with Crippen LogP contribution in [0.4, 0.5) is 5.69 Å². The molecule has 0 radical (unpaired) electrons. The van der Waals surface area contributed by atoms with Crippen LogP contribution in [-0.4, -0.2) is 26.6 Å². The Morgan fingerprint density at radius 1 is 0.897 bits per heavy atom. The van der Waals surface area contributed by atoms with Crippen LogP contribution in [-0.2, 0) is 10.0 Å². The van der Waals surface area contributed by atoms with Gasteiger partial charge in [0.05, 0.1) is 20.8 Å².